The van der Waals surface area contributed by atoms with Crippen molar-refractivity contribution in [2.75, 3.05) is 18.0 Å². The molecule has 1 N–H and O–H groups in total. The van der Waals surface area contributed by atoms with Gasteiger partial charge in [0.05, 0.1) is 6.61 Å². The first-order valence-corrected chi connectivity index (χ1v) is 6.54. The van der Waals surface area contributed by atoms with Crippen LogP contribution in [0.4, 0.5) is 5.82 Å². The SMILES string of the molecule is CCC1(CC)CCN(c2cc(CO)ccn2)C1. The molecule has 0 bridgehead atoms. The molecule has 0 atom stereocenters. The highest BCUT2D eigenvalue weighted by Gasteiger charge is 2.35. The van der Waals surface area contributed by atoms with Crippen molar-refractivity contribution in [2.45, 2.75) is 39.7 Å². The van der Waals surface area contributed by atoms with Gasteiger partial charge in [-0.2, -0.15) is 0 Å². The zero-order valence-corrected chi connectivity index (χ0v) is 10.8. The van der Waals surface area contributed by atoms with Gasteiger partial charge in [0.2, 0.25) is 0 Å². The molecule has 2 heterocycles. The van der Waals surface area contributed by atoms with Crippen LogP contribution < -0.4 is 4.90 Å². The standard InChI is InChI=1S/C14H22N2O/c1-3-14(4-2)6-8-16(11-14)13-9-12(10-17)5-7-15-13/h5,7,9,17H,3-4,6,8,10-11H2,1-2H3. The van der Waals surface area contributed by atoms with E-state index in [-0.39, 0.29) is 6.61 Å². The first kappa shape index (κ1) is 12.4. The molecule has 1 aromatic rings. The second-order valence-electron chi connectivity index (χ2n) is 5.06. The maximum Gasteiger partial charge on any atom is 0.128 e. The zero-order chi connectivity index (χ0) is 12.3. The largest absolute Gasteiger partial charge is 0.392 e. The Bertz CT molecular complexity index is 374. The van der Waals surface area contributed by atoms with Gasteiger partial charge in [-0.3, -0.25) is 0 Å². The van der Waals surface area contributed by atoms with Crippen LogP contribution in [0, 0.1) is 5.41 Å². The number of anilines is 1. The summed E-state index contributed by atoms with van der Waals surface area (Å²) in [6.45, 7) is 6.84. The number of pyridine rings is 1. The van der Waals surface area contributed by atoms with Crippen LogP contribution in [0.25, 0.3) is 0 Å². The van der Waals surface area contributed by atoms with E-state index in [0.717, 1.165) is 24.5 Å². The Balaban J connectivity index is 2.14. The monoisotopic (exact) mass is 234 g/mol. The Hall–Kier alpha value is -1.09. The van der Waals surface area contributed by atoms with E-state index < -0.39 is 0 Å². The van der Waals surface area contributed by atoms with Gasteiger partial charge in [-0.05, 0) is 42.4 Å². The zero-order valence-electron chi connectivity index (χ0n) is 10.8. The number of hydrogen-bond acceptors (Lipinski definition) is 3. The first-order chi connectivity index (χ1) is 8.23. The van der Waals surface area contributed by atoms with Crippen molar-refractivity contribution in [3.63, 3.8) is 0 Å². The van der Waals surface area contributed by atoms with Crippen LogP contribution in [0.1, 0.15) is 38.7 Å². The van der Waals surface area contributed by atoms with E-state index in [0.29, 0.717) is 5.41 Å². The Morgan fingerprint density at radius 3 is 2.76 bits per heavy atom. The normalized spacial score (nSPS) is 18.6. The minimum Gasteiger partial charge on any atom is -0.392 e. The third-order valence-electron chi connectivity index (χ3n) is 4.25. The molecule has 94 valence electrons. The Kier molecular flexibility index (Phi) is 3.67. The molecule has 3 nitrogen and oxygen atoms in total. The molecule has 17 heavy (non-hydrogen) atoms. The van der Waals surface area contributed by atoms with Crippen molar-refractivity contribution in [3.05, 3.63) is 23.9 Å². The molecule has 0 spiro atoms. The van der Waals surface area contributed by atoms with Gasteiger partial charge in [-0.1, -0.05) is 13.8 Å². The van der Waals surface area contributed by atoms with Gasteiger partial charge >= 0.3 is 0 Å². The highest BCUT2D eigenvalue weighted by atomic mass is 16.3. The van der Waals surface area contributed by atoms with Gasteiger partial charge in [0, 0.05) is 19.3 Å². The van der Waals surface area contributed by atoms with E-state index in [1.54, 1.807) is 6.20 Å². The molecule has 0 radical (unpaired) electrons. The van der Waals surface area contributed by atoms with E-state index >= 15 is 0 Å². The minimum absolute atomic E-state index is 0.0933. The predicted molar refractivity (Wildman–Crippen MR) is 70.0 cm³/mol. The third-order valence-corrected chi connectivity index (χ3v) is 4.25. The molecule has 1 aliphatic rings. The van der Waals surface area contributed by atoms with E-state index in [1.165, 1.54) is 19.3 Å². The fraction of sp³-hybridized carbons (Fsp3) is 0.643. The summed E-state index contributed by atoms with van der Waals surface area (Å²) < 4.78 is 0. The highest BCUT2D eigenvalue weighted by Crippen LogP contribution is 2.38. The molecule has 1 aromatic heterocycles. The van der Waals surface area contributed by atoms with E-state index in [1.807, 2.05) is 12.1 Å². The van der Waals surface area contributed by atoms with Gasteiger partial charge in [0.25, 0.3) is 0 Å². The van der Waals surface area contributed by atoms with Crippen molar-refractivity contribution in [2.24, 2.45) is 5.41 Å². The van der Waals surface area contributed by atoms with Crippen molar-refractivity contribution in [1.29, 1.82) is 0 Å². The summed E-state index contributed by atoms with van der Waals surface area (Å²) in [7, 11) is 0. The van der Waals surface area contributed by atoms with Crippen molar-refractivity contribution in [3.8, 4) is 0 Å². The lowest BCUT2D eigenvalue weighted by Gasteiger charge is -2.26. The maximum absolute atomic E-state index is 9.15. The molecule has 0 saturated carbocycles. The van der Waals surface area contributed by atoms with Gasteiger partial charge in [0.15, 0.2) is 0 Å². The van der Waals surface area contributed by atoms with Gasteiger partial charge in [-0.15, -0.1) is 0 Å². The lowest BCUT2D eigenvalue weighted by atomic mass is 9.82. The summed E-state index contributed by atoms with van der Waals surface area (Å²) in [5, 5.41) is 9.15. The lowest BCUT2D eigenvalue weighted by Crippen LogP contribution is -2.26. The smallest absolute Gasteiger partial charge is 0.128 e. The van der Waals surface area contributed by atoms with Crippen LogP contribution in [-0.4, -0.2) is 23.2 Å². The quantitative estimate of drug-likeness (QED) is 0.870. The summed E-state index contributed by atoms with van der Waals surface area (Å²) in [5.74, 6) is 1.01. The van der Waals surface area contributed by atoms with E-state index in [4.69, 9.17) is 5.11 Å². The fourth-order valence-corrected chi connectivity index (χ4v) is 2.69. The lowest BCUT2D eigenvalue weighted by molar-refractivity contribution is 0.281. The molecule has 0 aromatic carbocycles. The summed E-state index contributed by atoms with van der Waals surface area (Å²) >= 11 is 0. The predicted octanol–water partition coefficient (Wildman–Crippen LogP) is 2.59. The molecule has 1 saturated heterocycles. The van der Waals surface area contributed by atoms with Crippen LogP contribution in [0.3, 0.4) is 0 Å². The van der Waals surface area contributed by atoms with Gasteiger partial charge in [-0.25, -0.2) is 4.98 Å². The number of aromatic nitrogens is 1. The molecule has 0 unspecified atom stereocenters. The van der Waals surface area contributed by atoms with E-state index in [9.17, 15) is 0 Å². The highest BCUT2D eigenvalue weighted by molar-refractivity contribution is 5.42. The molecule has 3 heteroatoms. The van der Waals surface area contributed by atoms with Crippen LogP contribution >= 0.6 is 0 Å². The molecule has 0 amide bonds. The minimum atomic E-state index is 0.0933. The van der Waals surface area contributed by atoms with Gasteiger partial charge in [0.1, 0.15) is 5.82 Å². The van der Waals surface area contributed by atoms with Crippen LogP contribution in [0.2, 0.25) is 0 Å². The number of aliphatic hydroxyl groups excluding tert-OH is 1. The molecule has 2 rings (SSSR count). The summed E-state index contributed by atoms with van der Waals surface area (Å²) in [6, 6.07) is 3.87. The topological polar surface area (TPSA) is 36.4 Å². The average molecular weight is 234 g/mol. The molecule has 1 aliphatic heterocycles. The number of nitrogens with zero attached hydrogens (tertiary/aromatic N) is 2. The molecular weight excluding hydrogens is 212 g/mol. The third kappa shape index (κ3) is 2.44. The van der Waals surface area contributed by atoms with Crippen LogP contribution in [0.15, 0.2) is 18.3 Å². The summed E-state index contributed by atoms with van der Waals surface area (Å²) in [6.07, 6.45) is 5.52. The Morgan fingerprint density at radius 1 is 1.41 bits per heavy atom. The van der Waals surface area contributed by atoms with Crippen molar-refractivity contribution >= 4 is 5.82 Å². The first-order valence-electron chi connectivity index (χ1n) is 6.54. The second kappa shape index (κ2) is 5.05. The van der Waals surface area contributed by atoms with Gasteiger partial charge < -0.3 is 10.0 Å². The number of rotatable bonds is 4. The van der Waals surface area contributed by atoms with Crippen molar-refractivity contribution < 1.29 is 5.11 Å². The Morgan fingerprint density at radius 2 is 2.18 bits per heavy atom. The maximum atomic E-state index is 9.15. The van der Waals surface area contributed by atoms with Crippen LogP contribution in [-0.2, 0) is 6.61 Å². The number of hydrogen-bond donors (Lipinski definition) is 1. The summed E-state index contributed by atoms with van der Waals surface area (Å²) in [4.78, 5) is 6.77. The molecule has 1 fully saturated rings. The second-order valence-corrected chi connectivity index (χ2v) is 5.06. The molecular formula is C14H22N2O. The number of aliphatic hydroxyl groups is 1. The van der Waals surface area contributed by atoms with E-state index in [2.05, 4.69) is 23.7 Å². The molecule has 0 aliphatic carbocycles. The fourth-order valence-electron chi connectivity index (χ4n) is 2.69. The average Bonchev–Trinajstić information content (AvgIpc) is 2.84. The van der Waals surface area contributed by atoms with Crippen LogP contribution in [0.5, 0.6) is 0 Å². The Labute approximate surface area is 103 Å². The van der Waals surface area contributed by atoms with Crippen molar-refractivity contribution in [1.82, 2.24) is 4.98 Å². The summed E-state index contributed by atoms with van der Waals surface area (Å²) in [5.41, 5.74) is 1.41.